The first kappa shape index (κ1) is 22.7. The molecule has 0 bridgehead atoms. The summed E-state index contributed by atoms with van der Waals surface area (Å²) in [5.41, 5.74) is 6.39. The molecular weight excluding hydrogens is 410 g/mol. The molecular formula is C28H34N3O2+. The molecule has 1 aliphatic carbocycles. The van der Waals surface area contributed by atoms with Gasteiger partial charge in [-0.25, -0.2) is 4.58 Å². The highest BCUT2D eigenvalue weighted by atomic mass is 16.5. The quantitative estimate of drug-likeness (QED) is 0.304. The van der Waals surface area contributed by atoms with E-state index in [1.54, 1.807) is 7.11 Å². The highest BCUT2D eigenvalue weighted by Gasteiger charge is 2.21. The van der Waals surface area contributed by atoms with E-state index in [1.807, 2.05) is 28.2 Å². The van der Waals surface area contributed by atoms with Crippen molar-refractivity contribution in [3.05, 3.63) is 60.0 Å². The molecule has 5 heteroatoms. The molecule has 0 N–H and O–H groups in total. The van der Waals surface area contributed by atoms with Gasteiger partial charge in [0.1, 0.15) is 31.2 Å². The molecule has 0 radical (unpaired) electrons. The summed E-state index contributed by atoms with van der Waals surface area (Å²) in [7, 11) is 9.92. The number of ether oxygens (including phenoxy) is 1. The first-order chi connectivity index (χ1) is 15.9. The molecule has 172 valence electrons. The zero-order valence-electron chi connectivity index (χ0n) is 20.8. The number of anilines is 2. The van der Waals surface area contributed by atoms with Crippen molar-refractivity contribution in [2.45, 2.75) is 13.8 Å². The van der Waals surface area contributed by atoms with Crippen molar-refractivity contribution in [3.63, 3.8) is 0 Å². The van der Waals surface area contributed by atoms with Gasteiger partial charge in [-0.2, -0.15) is 0 Å². The van der Waals surface area contributed by atoms with Gasteiger partial charge in [0.2, 0.25) is 5.36 Å². The van der Waals surface area contributed by atoms with Crippen LogP contribution < -0.4 is 24.5 Å². The Hall–Kier alpha value is -3.47. The lowest BCUT2D eigenvalue weighted by atomic mass is 9.92. The monoisotopic (exact) mass is 444 g/mol. The van der Waals surface area contributed by atoms with Crippen LogP contribution in [0.3, 0.4) is 0 Å². The molecule has 1 heterocycles. The molecule has 2 aromatic carbocycles. The minimum atomic E-state index is 0.856. The fourth-order valence-corrected chi connectivity index (χ4v) is 4.39. The molecule has 0 atom stereocenters. The van der Waals surface area contributed by atoms with E-state index < -0.39 is 0 Å². The number of hydrogen-bond acceptors (Lipinski definition) is 4. The normalized spacial score (nSPS) is 11.1. The summed E-state index contributed by atoms with van der Waals surface area (Å²) < 4.78 is 14.5. The maximum atomic E-state index is 6.46. The smallest absolute Gasteiger partial charge is 0.203 e. The van der Waals surface area contributed by atoms with E-state index in [4.69, 9.17) is 9.15 Å². The van der Waals surface area contributed by atoms with Crippen molar-refractivity contribution in [2.75, 3.05) is 58.2 Å². The number of nitrogens with zero attached hydrogens (tertiary/aromatic N) is 3. The Balaban J connectivity index is 2.08. The van der Waals surface area contributed by atoms with Crippen molar-refractivity contribution < 1.29 is 9.15 Å². The van der Waals surface area contributed by atoms with Gasteiger partial charge in [-0.3, -0.25) is 0 Å². The molecule has 2 aromatic rings. The van der Waals surface area contributed by atoms with Crippen LogP contribution in [0, 0.1) is 0 Å². The number of rotatable bonds is 6. The largest absolute Gasteiger partial charge is 0.496 e. The molecule has 0 spiro atoms. The Kier molecular flexibility index (Phi) is 6.32. The van der Waals surface area contributed by atoms with Crippen molar-refractivity contribution in [3.8, 4) is 28.2 Å². The van der Waals surface area contributed by atoms with Gasteiger partial charge in [0.15, 0.2) is 0 Å². The maximum Gasteiger partial charge on any atom is 0.203 e. The predicted octanol–water partition coefficient (Wildman–Crippen LogP) is 5.16. The summed E-state index contributed by atoms with van der Waals surface area (Å²) in [5, 5.41) is 2.17. The summed E-state index contributed by atoms with van der Waals surface area (Å²) in [5.74, 6) is 1.72. The Morgan fingerprint density at radius 1 is 0.848 bits per heavy atom. The Morgan fingerprint density at radius 2 is 1.55 bits per heavy atom. The van der Waals surface area contributed by atoms with Crippen LogP contribution in [-0.2, 0) is 0 Å². The van der Waals surface area contributed by atoms with Crippen molar-refractivity contribution >= 4 is 22.3 Å². The molecule has 0 saturated carbocycles. The molecule has 2 aliphatic rings. The van der Waals surface area contributed by atoms with E-state index in [-0.39, 0.29) is 0 Å². The summed E-state index contributed by atoms with van der Waals surface area (Å²) in [6.45, 7) is 6.26. The fraction of sp³-hybridized carbons (Fsp3) is 0.321. The van der Waals surface area contributed by atoms with Crippen LogP contribution in [0.25, 0.3) is 33.4 Å². The van der Waals surface area contributed by atoms with E-state index in [0.29, 0.717) is 0 Å². The molecule has 4 rings (SSSR count). The summed E-state index contributed by atoms with van der Waals surface area (Å²) >= 11 is 0. The third-order valence-corrected chi connectivity index (χ3v) is 6.30. The van der Waals surface area contributed by atoms with Gasteiger partial charge in [0.25, 0.3) is 0 Å². The minimum Gasteiger partial charge on any atom is -0.496 e. The zero-order valence-corrected chi connectivity index (χ0v) is 20.8. The number of methoxy groups -OCH3 is 1. The summed E-state index contributed by atoms with van der Waals surface area (Å²) in [6, 6.07) is 19.3. The fourth-order valence-electron chi connectivity index (χ4n) is 4.39. The van der Waals surface area contributed by atoms with E-state index in [0.717, 1.165) is 63.3 Å². The van der Waals surface area contributed by atoms with Gasteiger partial charge in [-0.1, -0.05) is 0 Å². The Labute approximate surface area is 196 Å². The highest BCUT2D eigenvalue weighted by Crippen LogP contribution is 2.44. The summed E-state index contributed by atoms with van der Waals surface area (Å²) in [6.07, 6.45) is 0. The molecule has 0 unspecified atom stereocenters. The lowest BCUT2D eigenvalue weighted by molar-refractivity contribution is 0.416. The Bertz CT molecular complexity index is 1330. The number of benzene rings is 3. The molecule has 33 heavy (non-hydrogen) atoms. The van der Waals surface area contributed by atoms with E-state index in [2.05, 4.69) is 82.8 Å². The molecule has 0 aromatic heterocycles. The maximum absolute atomic E-state index is 6.46. The lowest BCUT2D eigenvalue weighted by Crippen LogP contribution is -2.21. The second kappa shape index (κ2) is 9.18. The number of hydrogen-bond donors (Lipinski definition) is 0. The second-order valence-electron chi connectivity index (χ2n) is 8.68. The third kappa shape index (κ3) is 4.15. The zero-order chi connectivity index (χ0) is 23.7. The highest BCUT2D eigenvalue weighted by molar-refractivity contribution is 6.04. The molecule has 5 nitrogen and oxygen atoms in total. The molecule has 1 aliphatic heterocycles. The lowest BCUT2D eigenvalue weighted by Gasteiger charge is -2.23. The van der Waals surface area contributed by atoms with Crippen LogP contribution in [0.1, 0.15) is 13.8 Å². The van der Waals surface area contributed by atoms with E-state index in [9.17, 15) is 0 Å². The topological polar surface area (TPSA) is 31.9 Å². The predicted molar refractivity (Wildman–Crippen MR) is 140 cm³/mol. The van der Waals surface area contributed by atoms with E-state index >= 15 is 0 Å². The standard InChI is InChI=1S/C28H34N3O2/c1-8-31(9-2)21-12-15-22(25(18-21)32-7)28-23-13-10-19(29(3)4)16-26(23)33-27-17-20(30(5)6)11-14-24(27)28/h10-18H,8-9H2,1-7H3/q+1. The third-order valence-electron chi connectivity index (χ3n) is 6.30. The van der Waals surface area contributed by atoms with Crippen LogP contribution >= 0.6 is 0 Å². The van der Waals surface area contributed by atoms with Crippen LogP contribution in [-0.4, -0.2) is 48.4 Å². The SMILES string of the molecule is CCN(CC)c1ccc(-c2c3ccc(=[N+](C)C)cc-3oc3cc(N(C)C)ccc23)c(OC)c1. The van der Waals surface area contributed by atoms with Gasteiger partial charge in [-0.05, 0) is 44.2 Å². The minimum absolute atomic E-state index is 0.856. The molecule has 0 amide bonds. The average molecular weight is 445 g/mol. The molecule has 0 saturated heterocycles. The summed E-state index contributed by atoms with van der Waals surface area (Å²) in [4.78, 5) is 4.42. The Morgan fingerprint density at radius 3 is 2.18 bits per heavy atom. The van der Waals surface area contributed by atoms with Gasteiger partial charge >= 0.3 is 0 Å². The number of fused-ring (bicyclic) bond motifs is 2. The first-order valence-electron chi connectivity index (χ1n) is 11.5. The van der Waals surface area contributed by atoms with Gasteiger partial charge in [-0.15, -0.1) is 0 Å². The van der Waals surface area contributed by atoms with Gasteiger partial charge in [0.05, 0.1) is 13.2 Å². The van der Waals surface area contributed by atoms with Crippen LogP contribution in [0.2, 0.25) is 0 Å². The van der Waals surface area contributed by atoms with Crippen molar-refractivity contribution in [2.24, 2.45) is 0 Å². The van der Waals surface area contributed by atoms with E-state index in [1.165, 1.54) is 5.69 Å². The second-order valence-corrected chi connectivity index (χ2v) is 8.68. The van der Waals surface area contributed by atoms with Crippen LogP contribution in [0.5, 0.6) is 5.75 Å². The van der Waals surface area contributed by atoms with Gasteiger partial charge < -0.3 is 19.0 Å². The average Bonchev–Trinajstić information content (AvgIpc) is 2.82. The first-order valence-corrected chi connectivity index (χ1v) is 11.5. The van der Waals surface area contributed by atoms with Crippen LogP contribution in [0.15, 0.2) is 59.0 Å². The van der Waals surface area contributed by atoms with Crippen molar-refractivity contribution in [1.29, 1.82) is 0 Å². The van der Waals surface area contributed by atoms with Gasteiger partial charge in [0, 0.05) is 78.8 Å². The van der Waals surface area contributed by atoms with Crippen LogP contribution in [0.4, 0.5) is 11.4 Å². The van der Waals surface area contributed by atoms with Crippen molar-refractivity contribution in [1.82, 2.24) is 4.58 Å². The molecule has 0 fully saturated rings.